The topological polar surface area (TPSA) is 38.3 Å². The Hall–Kier alpha value is -0.740. The number of nitrogens with one attached hydrogen (secondary N) is 1. The van der Waals surface area contributed by atoms with Crippen LogP contribution in [0.2, 0.25) is 0 Å². The van der Waals surface area contributed by atoms with Gasteiger partial charge in [-0.25, -0.2) is 14.8 Å². The van der Waals surface area contributed by atoms with Crippen molar-refractivity contribution in [2.45, 2.75) is 0 Å². The van der Waals surface area contributed by atoms with Gasteiger partial charge >= 0.3 is 5.97 Å². The minimum absolute atomic E-state index is 0. The van der Waals surface area contributed by atoms with Gasteiger partial charge in [-0.05, 0) is 0 Å². The van der Waals surface area contributed by atoms with Crippen molar-refractivity contribution in [1.29, 1.82) is 0 Å². The number of quaternary nitrogens is 1. The first-order valence-electron chi connectivity index (χ1n) is 3.29. The van der Waals surface area contributed by atoms with Crippen LogP contribution in [-0.4, -0.2) is 38.8 Å². The number of rotatable bonds is 3. The minimum atomic E-state index is -0.356. The highest BCUT2D eigenvalue weighted by molar-refractivity contribution is 5.81. The molecular weight excluding hydrogens is 180 g/mol. The third-order valence-electron chi connectivity index (χ3n) is 0.882. The van der Waals surface area contributed by atoms with Gasteiger partial charge in [0.15, 0.2) is 0 Å². The van der Waals surface area contributed by atoms with Crippen LogP contribution in [0.15, 0.2) is 12.3 Å². The number of hydrogen-bond donors (Lipinski definition) is 1. The van der Waals surface area contributed by atoms with Crippen molar-refractivity contribution in [3.63, 3.8) is 0 Å². The molecule has 4 nitrogen and oxygen atoms in total. The fraction of sp³-hybridized carbons (Fsp3) is 0.571. The van der Waals surface area contributed by atoms with E-state index in [0.717, 1.165) is 0 Å². The SMILES string of the molecule is COC(=O)/C=C/N[N+](C)(C)C.[Cl-]. The fourth-order valence-corrected chi connectivity index (χ4v) is 0.397. The van der Waals surface area contributed by atoms with Gasteiger partial charge in [-0.2, -0.15) is 0 Å². The molecule has 0 bridgehead atoms. The summed E-state index contributed by atoms with van der Waals surface area (Å²) in [7, 11) is 7.18. The zero-order valence-electron chi connectivity index (χ0n) is 7.80. The molecule has 0 aliphatic rings. The molecule has 0 saturated carbocycles. The van der Waals surface area contributed by atoms with Gasteiger partial charge in [0.2, 0.25) is 0 Å². The van der Waals surface area contributed by atoms with E-state index in [4.69, 9.17) is 0 Å². The van der Waals surface area contributed by atoms with Crippen molar-refractivity contribution in [2.75, 3.05) is 28.3 Å². The summed E-state index contributed by atoms with van der Waals surface area (Å²) in [6.45, 7) is 0. The zero-order valence-corrected chi connectivity index (χ0v) is 8.55. The zero-order chi connectivity index (χ0) is 8.91. The normalized spacial score (nSPS) is 10.7. The van der Waals surface area contributed by atoms with Gasteiger partial charge in [-0.15, -0.1) is 0 Å². The van der Waals surface area contributed by atoms with Crippen LogP contribution in [0.5, 0.6) is 0 Å². The average molecular weight is 195 g/mol. The Morgan fingerprint density at radius 3 is 2.25 bits per heavy atom. The molecular formula is C7H15ClN2O2. The number of methoxy groups -OCH3 is 1. The second-order valence-corrected chi connectivity index (χ2v) is 3.00. The van der Waals surface area contributed by atoms with Crippen LogP contribution in [0.3, 0.4) is 0 Å². The standard InChI is InChI=1S/C7H14N2O2.ClH/c1-9(2,3)8-6-5-7(10)11-4;/h5-6H,1-4H3;1H. The Morgan fingerprint density at radius 2 is 1.92 bits per heavy atom. The van der Waals surface area contributed by atoms with Crippen molar-refractivity contribution in [2.24, 2.45) is 0 Å². The molecule has 72 valence electrons. The largest absolute Gasteiger partial charge is 1.00 e. The first-order chi connectivity index (χ1) is 4.95. The van der Waals surface area contributed by atoms with Crippen LogP contribution in [0.25, 0.3) is 0 Å². The van der Waals surface area contributed by atoms with Gasteiger partial charge < -0.3 is 17.1 Å². The van der Waals surface area contributed by atoms with Gasteiger partial charge in [-0.3, -0.25) is 0 Å². The number of carbonyl (C=O) groups is 1. The van der Waals surface area contributed by atoms with Crippen LogP contribution in [0.1, 0.15) is 0 Å². The lowest BCUT2D eigenvalue weighted by atomic mass is 10.6. The van der Waals surface area contributed by atoms with Crippen LogP contribution < -0.4 is 17.8 Å². The van der Waals surface area contributed by atoms with Crippen molar-refractivity contribution in [3.05, 3.63) is 12.3 Å². The van der Waals surface area contributed by atoms with Crippen molar-refractivity contribution >= 4 is 5.97 Å². The molecule has 0 saturated heterocycles. The molecule has 0 heterocycles. The number of hydrogen-bond acceptors (Lipinski definition) is 3. The summed E-state index contributed by atoms with van der Waals surface area (Å²) < 4.78 is 4.96. The van der Waals surface area contributed by atoms with Crippen molar-refractivity contribution in [1.82, 2.24) is 5.43 Å². The molecule has 0 atom stereocenters. The molecule has 0 aromatic heterocycles. The minimum Gasteiger partial charge on any atom is -1.00 e. The highest BCUT2D eigenvalue weighted by Gasteiger charge is 2.00. The van der Waals surface area contributed by atoms with Crippen molar-refractivity contribution < 1.29 is 26.5 Å². The van der Waals surface area contributed by atoms with E-state index in [1.54, 1.807) is 6.20 Å². The molecule has 0 unspecified atom stereocenters. The number of carbonyl (C=O) groups excluding carboxylic acids is 1. The van der Waals surface area contributed by atoms with Crippen molar-refractivity contribution in [3.8, 4) is 0 Å². The first-order valence-corrected chi connectivity index (χ1v) is 3.29. The summed E-state index contributed by atoms with van der Waals surface area (Å²) >= 11 is 0. The van der Waals surface area contributed by atoms with Gasteiger partial charge in [0.25, 0.3) is 0 Å². The third kappa shape index (κ3) is 9.26. The lowest BCUT2D eigenvalue weighted by Crippen LogP contribution is -3.00. The third-order valence-corrected chi connectivity index (χ3v) is 0.882. The quantitative estimate of drug-likeness (QED) is 0.224. The maximum atomic E-state index is 10.5. The average Bonchev–Trinajstić information content (AvgIpc) is 1.85. The summed E-state index contributed by atoms with van der Waals surface area (Å²) in [5, 5.41) is 0. The Kier molecular flexibility index (Phi) is 6.74. The maximum absolute atomic E-state index is 10.5. The molecule has 0 amide bonds. The van der Waals surface area contributed by atoms with E-state index in [-0.39, 0.29) is 18.4 Å². The lowest BCUT2D eigenvalue weighted by molar-refractivity contribution is -0.909. The summed E-state index contributed by atoms with van der Waals surface area (Å²) in [5.74, 6) is -0.356. The van der Waals surface area contributed by atoms with Crippen LogP contribution in [0, 0.1) is 0 Å². The molecule has 0 radical (unpaired) electrons. The Labute approximate surface area is 79.2 Å². The van der Waals surface area contributed by atoms with E-state index < -0.39 is 0 Å². The Bertz CT molecular complexity index is 163. The molecule has 12 heavy (non-hydrogen) atoms. The van der Waals surface area contributed by atoms with Gasteiger partial charge in [0.1, 0.15) is 0 Å². The highest BCUT2D eigenvalue weighted by Crippen LogP contribution is 1.82. The van der Waals surface area contributed by atoms with E-state index in [2.05, 4.69) is 10.2 Å². The molecule has 5 heteroatoms. The molecule has 0 aromatic rings. The van der Waals surface area contributed by atoms with Crippen LogP contribution in [0.4, 0.5) is 0 Å². The van der Waals surface area contributed by atoms with E-state index in [9.17, 15) is 4.79 Å². The fourth-order valence-electron chi connectivity index (χ4n) is 0.397. The number of nitrogens with zero attached hydrogens (tertiary/aromatic N) is 1. The molecule has 0 spiro atoms. The van der Waals surface area contributed by atoms with E-state index in [1.807, 2.05) is 21.1 Å². The smallest absolute Gasteiger partial charge is 0.332 e. The number of ether oxygens (including phenoxy) is 1. The van der Waals surface area contributed by atoms with Crippen LogP contribution >= 0.6 is 0 Å². The number of esters is 1. The summed E-state index contributed by atoms with van der Waals surface area (Å²) in [5.41, 5.74) is 2.94. The monoisotopic (exact) mass is 194 g/mol. The summed E-state index contributed by atoms with van der Waals surface area (Å²) in [4.78, 5) is 10.5. The van der Waals surface area contributed by atoms with E-state index in [1.165, 1.54) is 13.2 Å². The molecule has 0 aromatic carbocycles. The van der Waals surface area contributed by atoms with E-state index >= 15 is 0 Å². The Balaban J connectivity index is 0. The summed E-state index contributed by atoms with van der Waals surface area (Å²) in [6.07, 6.45) is 2.90. The predicted molar refractivity (Wildman–Crippen MR) is 42.3 cm³/mol. The molecule has 0 rings (SSSR count). The van der Waals surface area contributed by atoms with Gasteiger partial charge in [0, 0.05) is 6.08 Å². The van der Waals surface area contributed by atoms with Gasteiger partial charge in [0.05, 0.1) is 34.5 Å². The second kappa shape index (κ2) is 5.85. The maximum Gasteiger partial charge on any atom is 0.332 e. The van der Waals surface area contributed by atoms with Crippen LogP contribution in [-0.2, 0) is 9.53 Å². The van der Waals surface area contributed by atoms with Gasteiger partial charge in [-0.1, -0.05) is 0 Å². The Morgan fingerprint density at radius 1 is 1.42 bits per heavy atom. The summed E-state index contributed by atoms with van der Waals surface area (Å²) in [6, 6.07) is 0. The molecule has 0 aliphatic heterocycles. The van der Waals surface area contributed by atoms with E-state index in [0.29, 0.717) is 4.59 Å². The second-order valence-electron chi connectivity index (χ2n) is 3.00. The molecule has 0 fully saturated rings. The molecule has 1 N–H and O–H groups in total. The lowest BCUT2D eigenvalue weighted by Gasteiger charge is -2.21. The number of halogens is 1. The first kappa shape index (κ1) is 13.8. The predicted octanol–water partition coefficient (Wildman–Crippen LogP) is -3.11. The highest BCUT2D eigenvalue weighted by atomic mass is 35.5. The molecule has 0 aliphatic carbocycles.